The first kappa shape index (κ1) is 28.9. The molecule has 0 radical (unpaired) electrons. The molecule has 0 N–H and O–H groups in total. The van der Waals surface area contributed by atoms with E-state index < -0.39 is 17.1 Å². The van der Waals surface area contributed by atoms with Crippen LogP contribution in [-0.2, 0) is 17.7 Å². The molecular weight excluding hydrogens is 436 g/mol. The lowest BCUT2D eigenvalue weighted by atomic mass is 10.1. The Morgan fingerprint density at radius 3 is 1.31 bits per heavy atom. The highest BCUT2D eigenvalue weighted by Gasteiger charge is 2.30. The normalized spacial score (nSPS) is 12.9. The van der Waals surface area contributed by atoms with Gasteiger partial charge in [-0.3, -0.25) is 9.98 Å². The van der Waals surface area contributed by atoms with Crippen molar-refractivity contribution in [2.45, 2.75) is 65.7 Å². The maximum atomic E-state index is 5.90. The summed E-state index contributed by atoms with van der Waals surface area (Å²) in [6.07, 6.45) is 5.85. The average Bonchev–Trinajstić information content (AvgIpc) is 2.75. The molecule has 0 unspecified atom stereocenters. The molecule has 1 aromatic carbocycles. The first-order valence-corrected chi connectivity index (χ1v) is 17.1. The number of benzene rings is 1. The number of hydrogen-bond donors (Lipinski definition) is 0. The Labute approximate surface area is 198 Å². The second-order valence-electron chi connectivity index (χ2n) is 7.91. The third kappa shape index (κ3) is 11.6. The Morgan fingerprint density at radius 2 is 1.00 bits per heavy atom. The van der Waals surface area contributed by atoms with Crippen LogP contribution in [0.2, 0.25) is 25.2 Å². The summed E-state index contributed by atoms with van der Waals surface area (Å²) in [5.41, 5.74) is 2.18. The maximum absolute atomic E-state index is 5.90. The first-order valence-electron chi connectivity index (χ1n) is 12.1. The molecule has 32 heavy (non-hydrogen) atoms. The van der Waals surface area contributed by atoms with Gasteiger partial charge in [-0.05, 0) is 65.7 Å². The minimum atomic E-state index is -2.05. The molecule has 0 spiro atoms. The molecule has 0 bridgehead atoms. The van der Waals surface area contributed by atoms with Crippen LogP contribution in [0.25, 0.3) is 0 Å². The molecule has 6 nitrogen and oxygen atoms in total. The van der Waals surface area contributed by atoms with Crippen LogP contribution >= 0.6 is 0 Å². The van der Waals surface area contributed by atoms with Gasteiger partial charge in [-0.15, -0.1) is 0 Å². The van der Waals surface area contributed by atoms with Crippen molar-refractivity contribution in [3.8, 4) is 0 Å². The van der Waals surface area contributed by atoms with Gasteiger partial charge in [-0.2, -0.15) is 0 Å². The van der Waals surface area contributed by atoms with Gasteiger partial charge in [0.25, 0.3) is 0 Å². The highest BCUT2D eigenvalue weighted by atomic mass is 28.4. The van der Waals surface area contributed by atoms with Crippen LogP contribution in [0.1, 0.15) is 51.7 Å². The van der Waals surface area contributed by atoms with Gasteiger partial charge in [0.15, 0.2) is 0 Å². The first-order chi connectivity index (χ1) is 15.4. The van der Waals surface area contributed by atoms with E-state index in [0.29, 0.717) is 26.4 Å². The Bertz CT molecular complexity index is 617. The lowest BCUT2D eigenvalue weighted by molar-refractivity contribution is 0.188. The number of hydrogen-bond acceptors (Lipinski definition) is 6. The van der Waals surface area contributed by atoms with Crippen molar-refractivity contribution < 1.29 is 17.7 Å². The standard InChI is InChI=1S/C24H44N2O4Si2/c1-7-27-31(5,28-8-2)19-13-17-25-21-23-15-11-12-16-24(23)22-26-18-14-20-32(6,29-9-3)30-10-4/h11-12,15-16,21-22H,7-10,13-14,17-20H2,1-6H3. The van der Waals surface area contributed by atoms with Crippen LogP contribution in [0, 0.1) is 0 Å². The van der Waals surface area contributed by atoms with E-state index in [1.54, 1.807) is 0 Å². The fraction of sp³-hybridized carbons (Fsp3) is 0.667. The van der Waals surface area contributed by atoms with Crippen molar-refractivity contribution in [3.05, 3.63) is 35.4 Å². The van der Waals surface area contributed by atoms with Gasteiger partial charge in [0.1, 0.15) is 0 Å². The second-order valence-corrected chi connectivity index (χ2v) is 14.6. The van der Waals surface area contributed by atoms with Crippen LogP contribution in [0.5, 0.6) is 0 Å². The molecule has 0 saturated heterocycles. The van der Waals surface area contributed by atoms with E-state index in [0.717, 1.165) is 49.1 Å². The van der Waals surface area contributed by atoms with Crippen molar-refractivity contribution in [2.75, 3.05) is 39.5 Å². The molecule has 0 aliphatic rings. The van der Waals surface area contributed by atoms with Gasteiger partial charge in [-0.1, -0.05) is 24.3 Å². The predicted molar refractivity (Wildman–Crippen MR) is 140 cm³/mol. The van der Waals surface area contributed by atoms with Crippen molar-refractivity contribution in [2.24, 2.45) is 9.98 Å². The van der Waals surface area contributed by atoms with Crippen LogP contribution in [0.3, 0.4) is 0 Å². The van der Waals surface area contributed by atoms with E-state index in [1.807, 2.05) is 52.3 Å². The Morgan fingerprint density at radius 1 is 0.656 bits per heavy atom. The zero-order valence-corrected chi connectivity index (χ0v) is 23.1. The molecule has 0 heterocycles. The Kier molecular flexibility index (Phi) is 14.8. The lowest BCUT2D eigenvalue weighted by Crippen LogP contribution is -2.38. The largest absolute Gasteiger partial charge is 0.395 e. The zero-order chi connectivity index (χ0) is 23.7. The molecule has 0 amide bonds. The SMILES string of the molecule is CCO[Si](C)(CCCN=Cc1ccccc1C=NCCC[Si](C)(OCC)OCC)OCC. The number of nitrogens with zero attached hydrogens (tertiary/aromatic N) is 2. The molecular formula is C24H44N2O4Si2. The van der Waals surface area contributed by atoms with E-state index in [4.69, 9.17) is 17.7 Å². The molecule has 8 heteroatoms. The van der Waals surface area contributed by atoms with Gasteiger partial charge < -0.3 is 17.7 Å². The number of rotatable bonds is 18. The van der Waals surface area contributed by atoms with Crippen LogP contribution in [0.15, 0.2) is 34.3 Å². The van der Waals surface area contributed by atoms with Gasteiger partial charge in [-0.25, -0.2) is 0 Å². The molecule has 1 aromatic rings. The van der Waals surface area contributed by atoms with Crippen molar-refractivity contribution in [1.82, 2.24) is 0 Å². The fourth-order valence-corrected chi connectivity index (χ4v) is 8.44. The van der Waals surface area contributed by atoms with E-state index in [-0.39, 0.29) is 0 Å². The van der Waals surface area contributed by atoms with E-state index in [9.17, 15) is 0 Å². The topological polar surface area (TPSA) is 61.6 Å². The summed E-state index contributed by atoms with van der Waals surface area (Å²) in [7, 11) is -4.10. The van der Waals surface area contributed by atoms with Gasteiger partial charge in [0.05, 0.1) is 0 Å². The summed E-state index contributed by atoms with van der Waals surface area (Å²) < 4.78 is 23.6. The highest BCUT2D eigenvalue weighted by Crippen LogP contribution is 2.17. The van der Waals surface area contributed by atoms with E-state index in [2.05, 4.69) is 35.2 Å². The summed E-state index contributed by atoms with van der Waals surface area (Å²) in [6.45, 7) is 16.8. The summed E-state index contributed by atoms with van der Waals surface area (Å²) in [6, 6.07) is 10.2. The summed E-state index contributed by atoms with van der Waals surface area (Å²) in [5, 5.41) is 0. The summed E-state index contributed by atoms with van der Waals surface area (Å²) >= 11 is 0. The maximum Gasteiger partial charge on any atom is 0.334 e. The number of aliphatic imine (C=N–C) groups is 2. The molecule has 0 atom stereocenters. The Hall–Kier alpha value is -1.17. The quantitative estimate of drug-likeness (QED) is 0.156. The average molecular weight is 481 g/mol. The van der Waals surface area contributed by atoms with E-state index in [1.165, 1.54) is 0 Å². The fourth-order valence-electron chi connectivity index (χ4n) is 3.65. The smallest absolute Gasteiger partial charge is 0.334 e. The summed E-state index contributed by atoms with van der Waals surface area (Å²) in [5.74, 6) is 0. The van der Waals surface area contributed by atoms with E-state index >= 15 is 0 Å². The van der Waals surface area contributed by atoms with Crippen LogP contribution < -0.4 is 0 Å². The monoisotopic (exact) mass is 480 g/mol. The van der Waals surface area contributed by atoms with Crippen LogP contribution in [-0.4, -0.2) is 69.1 Å². The third-order valence-corrected chi connectivity index (χ3v) is 11.2. The second kappa shape index (κ2) is 16.4. The van der Waals surface area contributed by atoms with Crippen molar-refractivity contribution >= 4 is 29.6 Å². The molecule has 0 fully saturated rings. The van der Waals surface area contributed by atoms with Crippen molar-refractivity contribution in [1.29, 1.82) is 0 Å². The molecule has 0 aliphatic carbocycles. The summed E-state index contributed by atoms with van der Waals surface area (Å²) in [4.78, 5) is 9.28. The van der Waals surface area contributed by atoms with Gasteiger partial charge in [0, 0.05) is 63.1 Å². The predicted octanol–water partition coefficient (Wildman–Crippen LogP) is 5.59. The molecule has 0 saturated carbocycles. The van der Waals surface area contributed by atoms with Crippen LogP contribution in [0.4, 0.5) is 0 Å². The van der Waals surface area contributed by atoms with Gasteiger partial charge in [0.2, 0.25) is 0 Å². The minimum absolute atomic E-state index is 0.706. The Balaban J connectivity index is 2.54. The highest BCUT2D eigenvalue weighted by molar-refractivity contribution is 6.66. The zero-order valence-electron chi connectivity index (χ0n) is 21.1. The minimum Gasteiger partial charge on any atom is -0.395 e. The molecule has 0 aliphatic heterocycles. The molecule has 0 aromatic heterocycles. The van der Waals surface area contributed by atoms with Crippen molar-refractivity contribution in [3.63, 3.8) is 0 Å². The lowest BCUT2D eigenvalue weighted by Gasteiger charge is -2.25. The van der Waals surface area contributed by atoms with Gasteiger partial charge >= 0.3 is 17.1 Å². The molecule has 182 valence electrons. The third-order valence-electron chi connectivity index (χ3n) is 5.09. The molecule has 1 rings (SSSR count).